The molecule has 0 heterocycles. The van der Waals surface area contributed by atoms with Gasteiger partial charge in [0.25, 0.3) is 0 Å². The fourth-order valence-electron chi connectivity index (χ4n) is 1.24. The van der Waals surface area contributed by atoms with Crippen molar-refractivity contribution in [1.82, 2.24) is 0 Å². The Morgan fingerprint density at radius 1 is 1.43 bits per heavy atom. The molecule has 0 aliphatic carbocycles. The summed E-state index contributed by atoms with van der Waals surface area (Å²) in [6.07, 6.45) is 3.11. The lowest BCUT2D eigenvalue weighted by atomic mass is 10.1. The molecule has 0 spiro atoms. The van der Waals surface area contributed by atoms with Crippen molar-refractivity contribution >= 4 is 12.2 Å². The summed E-state index contributed by atoms with van der Waals surface area (Å²) in [5.74, 6) is 0.250. The predicted octanol–water partition coefficient (Wildman–Crippen LogP) is 3.28. The van der Waals surface area contributed by atoms with Crippen LogP contribution in [0.15, 0.2) is 31.0 Å². The molecule has 0 atom stereocenters. The lowest BCUT2D eigenvalue weighted by molar-refractivity contribution is 0.411. The smallest absolute Gasteiger partial charge is 0.134 e. The Kier molecular flexibility index (Phi) is 3.27. The summed E-state index contributed by atoms with van der Waals surface area (Å²) in [5.41, 5.74) is 3.81. The summed E-state index contributed by atoms with van der Waals surface area (Å²) in [6, 6.07) is 2.73. The summed E-state index contributed by atoms with van der Waals surface area (Å²) >= 11 is 0. The van der Waals surface area contributed by atoms with E-state index in [4.69, 9.17) is 4.74 Å². The third-order valence-electron chi connectivity index (χ3n) is 1.79. The topological polar surface area (TPSA) is 9.23 Å². The van der Waals surface area contributed by atoms with E-state index < -0.39 is 0 Å². The van der Waals surface area contributed by atoms with E-state index in [1.54, 1.807) is 12.2 Å². The van der Waals surface area contributed by atoms with Gasteiger partial charge in [-0.2, -0.15) is 0 Å². The van der Waals surface area contributed by atoms with Crippen LogP contribution in [0.3, 0.4) is 0 Å². The van der Waals surface area contributed by atoms with Gasteiger partial charge < -0.3 is 4.74 Å². The van der Waals surface area contributed by atoms with Crippen LogP contribution in [-0.2, 0) is 0 Å². The lowest BCUT2D eigenvalue weighted by Crippen LogP contribution is -1.92. The summed E-state index contributed by atoms with van der Waals surface area (Å²) in [6.45, 7) is 7.02. The van der Waals surface area contributed by atoms with Crippen LogP contribution in [0.1, 0.15) is 11.1 Å². The van der Waals surface area contributed by atoms with E-state index in [0.29, 0.717) is 16.9 Å². The summed E-state index contributed by atoms with van der Waals surface area (Å²) in [4.78, 5) is 0. The van der Waals surface area contributed by atoms with Crippen LogP contribution in [0.4, 0.5) is 4.39 Å². The van der Waals surface area contributed by atoms with Crippen molar-refractivity contribution in [2.24, 2.45) is 0 Å². The highest BCUT2D eigenvalue weighted by Gasteiger charge is 2.07. The van der Waals surface area contributed by atoms with Crippen LogP contribution < -0.4 is 4.74 Å². The number of rotatable bonds is 3. The molecule has 0 N–H and O–H groups in total. The van der Waals surface area contributed by atoms with Crippen molar-refractivity contribution in [2.45, 2.75) is 0 Å². The number of ether oxygens (including phenoxy) is 1. The van der Waals surface area contributed by atoms with Crippen LogP contribution in [-0.4, -0.2) is 7.11 Å². The van der Waals surface area contributed by atoms with E-state index in [-0.39, 0.29) is 5.82 Å². The molecule has 1 nitrogen and oxygen atoms in total. The van der Waals surface area contributed by atoms with Crippen molar-refractivity contribution in [3.05, 3.63) is 48.0 Å². The monoisotopic (exact) mass is 190 g/mol. The van der Waals surface area contributed by atoms with Crippen LogP contribution in [0.25, 0.3) is 12.2 Å². The molecule has 1 rings (SSSR count). The number of benzene rings is 1. The van der Waals surface area contributed by atoms with E-state index in [9.17, 15) is 4.39 Å². The zero-order chi connectivity index (χ0) is 10.6. The lowest BCUT2D eigenvalue weighted by Gasteiger charge is -2.08. The van der Waals surface area contributed by atoms with Gasteiger partial charge in [-0.25, -0.2) is 4.39 Å². The Morgan fingerprint density at radius 3 is 2.57 bits per heavy atom. The second kappa shape index (κ2) is 4.45. The van der Waals surface area contributed by atoms with Gasteiger partial charge in [0.15, 0.2) is 0 Å². The Balaban J connectivity index is 3.45. The van der Waals surface area contributed by atoms with Crippen molar-refractivity contribution in [1.29, 1.82) is 0 Å². The van der Waals surface area contributed by atoms with Gasteiger partial charge >= 0.3 is 0 Å². The maximum atomic E-state index is 13.1. The summed E-state index contributed by atoms with van der Waals surface area (Å²) in [7, 11) is 1.53. The fraction of sp³-hybridized carbons (Fsp3) is 0.0833. The minimum absolute atomic E-state index is 0.331. The number of methoxy groups -OCH3 is 1. The van der Waals surface area contributed by atoms with Gasteiger partial charge in [-0.05, 0) is 18.2 Å². The first-order valence-corrected chi connectivity index (χ1v) is 4.08. The molecule has 0 bridgehead atoms. The molecule has 0 aromatic heterocycles. The van der Waals surface area contributed by atoms with Crippen molar-refractivity contribution in [2.75, 3.05) is 7.11 Å². The molecule has 0 aliphatic heterocycles. The second-order valence-corrected chi connectivity index (χ2v) is 2.67. The molecule has 0 amide bonds. The average molecular weight is 190 g/mol. The zero-order valence-electron chi connectivity index (χ0n) is 8.01. The molecule has 0 saturated heterocycles. The first-order chi connectivity index (χ1) is 6.72. The molecule has 1 aromatic rings. The molecule has 0 saturated carbocycles. The van der Waals surface area contributed by atoms with E-state index >= 15 is 0 Å². The maximum Gasteiger partial charge on any atom is 0.134 e. The Morgan fingerprint density at radius 2 is 2.07 bits per heavy atom. The molecule has 2 heteroatoms. The highest BCUT2D eigenvalue weighted by Crippen LogP contribution is 2.27. The average Bonchev–Trinajstić information content (AvgIpc) is 2.17. The molecule has 0 unspecified atom stereocenters. The van der Waals surface area contributed by atoms with E-state index in [2.05, 4.69) is 18.9 Å². The first-order valence-electron chi connectivity index (χ1n) is 4.08. The molecular formula is C12H11FO. The van der Waals surface area contributed by atoms with Crippen LogP contribution >= 0.6 is 0 Å². The molecule has 1 aromatic carbocycles. The number of hydrogen-bond donors (Lipinski definition) is 0. The molecule has 0 fully saturated rings. The van der Waals surface area contributed by atoms with E-state index in [1.807, 2.05) is 0 Å². The van der Waals surface area contributed by atoms with Gasteiger partial charge in [0.1, 0.15) is 11.6 Å². The highest BCUT2D eigenvalue weighted by atomic mass is 19.1. The van der Waals surface area contributed by atoms with Gasteiger partial charge in [-0.15, -0.1) is 5.73 Å². The maximum absolute atomic E-state index is 13.1. The second-order valence-electron chi connectivity index (χ2n) is 2.67. The molecule has 72 valence electrons. The van der Waals surface area contributed by atoms with Crippen molar-refractivity contribution in [3.63, 3.8) is 0 Å². The molecule has 14 heavy (non-hydrogen) atoms. The molecule has 0 aliphatic rings. The van der Waals surface area contributed by atoms with Crippen LogP contribution in [0, 0.1) is 5.82 Å². The van der Waals surface area contributed by atoms with Gasteiger partial charge in [-0.1, -0.05) is 19.2 Å². The summed E-state index contributed by atoms with van der Waals surface area (Å²) < 4.78 is 18.2. The van der Waals surface area contributed by atoms with Crippen LogP contribution in [0.5, 0.6) is 5.75 Å². The predicted molar refractivity (Wildman–Crippen MR) is 56.6 cm³/mol. The van der Waals surface area contributed by atoms with Crippen LogP contribution in [0.2, 0.25) is 0 Å². The fourth-order valence-corrected chi connectivity index (χ4v) is 1.24. The SMILES string of the molecule is C=C=Cc1cc(F)cc(C=C)c1OC. The van der Waals surface area contributed by atoms with Gasteiger partial charge in [0.05, 0.1) is 7.11 Å². The number of hydrogen-bond acceptors (Lipinski definition) is 1. The van der Waals surface area contributed by atoms with E-state index in [0.717, 1.165) is 0 Å². The number of halogens is 1. The van der Waals surface area contributed by atoms with E-state index in [1.165, 1.54) is 19.2 Å². The Hall–Kier alpha value is -1.79. The zero-order valence-corrected chi connectivity index (χ0v) is 8.01. The highest BCUT2D eigenvalue weighted by molar-refractivity contribution is 5.67. The van der Waals surface area contributed by atoms with Crippen molar-refractivity contribution < 1.29 is 9.13 Å². The van der Waals surface area contributed by atoms with Crippen molar-refractivity contribution in [3.8, 4) is 5.75 Å². The molecular weight excluding hydrogens is 179 g/mol. The first kappa shape index (κ1) is 10.3. The minimum Gasteiger partial charge on any atom is -0.495 e. The minimum atomic E-state index is -0.331. The third kappa shape index (κ3) is 1.93. The Labute approximate surface area is 82.8 Å². The normalized spacial score (nSPS) is 9.00. The molecule has 0 radical (unpaired) electrons. The van der Waals surface area contributed by atoms with Gasteiger partial charge in [-0.3, -0.25) is 0 Å². The quantitative estimate of drug-likeness (QED) is 0.664. The van der Waals surface area contributed by atoms with Gasteiger partial charge in [0, 0.05) is 11.1 Å². The summed E-state index contributed by atoms with van der Waals surface area (Å²) in [5, 5.41) is 0. The largest absolute Gasteiger partial charge is 0.495 e. The van der Waals surface area contributed by atoms with Gasteiger partial charge in [0.2, 0.25) is 0 Å². The standard InChI is InChI=1S/C12H11FO/c1-4-6-10-8-11(13)7-9(5-2)12(10)14-3/h5-8H,1-2H2,3H3. The Bertz CT molecular complexity index is 401. The third-order valence-corrected chi connectivity index (χ3v) is 1.79.